The molecule has 0 aromatic carbocycles. The average Bonchev–Trinajstić information content (AvgIpc) is 3.01. The number of nitrogens with two attached hydrogens (primary N) is 2. The van der Waals surface area contributed by atoms with E-state index in [2.05, 4.69) is 24.5 Å². The quantitative estimate of drug-likeness (QED) is 0.453. The van der Waals surface area contributed by atoms with Gasteiger partial charge in [-0.1, -0.05) is 5.21 Å². The minimum Gasteiger partial charge on any atom is -0.390 e. The van der Waals surface area contributed by atoms with Crippen molar-refractivity contribution in [1.82, 2.24) is 25.0 Å². The van der Waals surface area contributed by atoms with Gasteiger partial charge in [0.05, 0.1) is 18.8 Å². The molecule has 12 nitrogen and oxygen atoms in total. The van der Waals surface area contributed by atoms with E-state index in [1.807, 2.05) is 0 Å². The van der Waals surface area contributed by atoms with Gasteiger partial charge in [0.1, 0.15) is 12.4 Å². The number of nitrogens with zero attached hydrogens (tertiary/aromatic N) is 5. The fourth-order valence-corrected chi connectivity index (χ4v) is 3.06. The van der Waals surface area contributed by atoms with Gasteiger partial charge in [0, 0.05) is 5.92 Å². The molecular formula is C10H15N7O5S. The lowest BCUT2D eigenvalue weighted by Gasteiger charge is -2.16. The summed E-state index contributed by atoms with van der Waals surface area (Å²) in [4.78, 5) is 7.81. The zero-order valence-corrected chi connectivity index (χ0v) is 12.5. The Bertz CT molecular complexity index is 824. The van der Waals surface area contributed by atoms with E-state index in [4.69, 9.17) is 10.9 Å². The van der Waals surface area contributed by atoms with E-state index >= 15 is 0 Å². The highest BCUT2D eigenvalue weighted by molar-refractivity contribution is 7.84. The summed E-state index contributed by atoms with van der Waals surface area (Å²) in [7, 11) is -4.13. The highest BCUT2D eigenvalue weighted by atomic mass is 32.2. The van der Waals surface area contributed by atoms with Crippen molar-refractivity contribution in [3.8, 4) is 0 Å². The van der Waals surface area contributed by atoms with E-state index in [0.717, 1.165) is 0 Å². The summed E-state index contributed by atoms with van der Waals surface area (Å²) in [5, 5.41) is 32.8. The molecule has 0 spiro atoms. The second-order valence-electron chi connectivity index (χ2n) is 5.29. The van der Waals surface area contributed by atoms with Gasteiger partial charge in [-0.25, -0.2) is 19.8 Å². The molecule has 2 heterocycles. The highest BCUT2D eigenvalue weighted by Crippen LogP contribution is 2.36. The van der Waals surface area contributed by atoms with Crippen molar-refractivity contribution >= 4 is 27.3 Å². The van der Waals surface area contributed by atoms with Crippen LogP contribution in [-0.2, 0) is 14.5 Å². The zero-order chi connectivity index (χ0) is 16.8. The van der Waals surface area contributed by atoms with Gasteiger partial charge in [-0.05, 0) is 6.42 Å². The summed E-state index contributed by atoms with van der Waals surface area (Å²) in [6.45, 7) is -0.350. The van der Waals surface area contributed by atoms with Crippen molar-refractivity contribution < 1.29 is 22.8 Å². The minimum absolute atomic E-state index is 0.142. The van der Waals surface area contributed by atoms with Crippen LogP contribution in [0.1, 0.15) is 12.5 Å². The highest BCUT2D eigenvalue weighted by Gasteiger charge is 2.44. The molecule has 0 bridgehead atoms. The Morgan fingerprint density at radius 2 is 2.09 bits per heavy atom. The normalized spacial score (nSPS) is 28.5. The standard InChI is InChI=1S/C10H15N7O5S/c11-9-6-10(14-3-13-9)17(16-15-6)5-1-4(7(18)8(5)19)2-22-23(12,20)21/h3-5,7-8,18-19H,1-2H2,(H2,11,13,14)(H2,12,20,21)/t4-,5-,7-,8+/m0/s1. The third kappa shape index (κ3) is 2.96. The molecule has 1 fully saturated rings. The van der Waals surface area contributed by atoms with Crippen LogP contribution in [0.2, 0.25) is 0 Å². The summed E-state index contributed by atoms with van der Waals surface area (Å²) in [5.41, 5.74) is 6.26. The molecule has 1 aliphatic carbocycles. The summed E-state index contributed by atoms with van der Waals surface area (Å²) in [5.74, 6) is -0.504. The number of nitrogen functional groups attached to an aromatic ring is 1. The van der Waals surface area contributed by atoms with Crippen molar-refractivity contribution in [2.24, 2.45) is 11.1 Å². The maximum absolute atomic E-state index is 10.9. The fourth-order valence-electron chi connectivity index (χ4n) is 2.69. The molecule has 0 amide bonds. The van der Waals surface area contributed by atoms with E-state index < -0.39 is 34.5 Å². The molecule has 0 unspecified atom stereocenters. The van der Waals surface area contributed by atoms with Gasteiger partial charge < -0.3 is 15.9 Å². The van der Waals surface area contributed by atoms with Crippen LogP contribution in [0.5, 0.6) is 0 Å². The van der Waals surface area contributed by atoms with E-state index in [-0.39, 0.29) is 24.4 Å². The first-order valence-corrected chi connectivity index (χ1v) is 8.09. The van der Waals surface area contributed by atoms with Gasteiger partial charge in [-0.2, -0.15) is 8.42 Å². The molecule has 23 heavy (non-hydrogen) atoms. The number of aromatic nitrogens is 5. The van der Waals surface area contributed by atoms with Gasteiger partial charge in [0.2, 0.25) is 0 Å². The van der Waals surface area contributed by atoms with E-state index in [9.17, 15) is 18.6 Å². The Labute approximate surface area is 130 Å². The summed E-state index contributed by atoms with van der Waals surface area (Å²) in [6.07, 6.45) is -0.984. The fraction of sp³-hybridized carbons (Fsp3) is 0.600. The first-order chi connectivity index (χ1) is 10.8. The topological polar surface area (TPSA) is 192 Å². The number of hydrogen-bond acceptors (Lipinski definition) is 10. The summed E-state index contributed by atoms with van der Waals surface area (Å²) in [6, 6.07) is -0.668. The molecule has 3 rings (SSSR count). The van der Waals surface area contributed by atoms with Gasteiger partial charge in [-0.3, -0.25) is 4.18 Å². The monoisotopic (exact) mass is 345 g/mol. The van der Waals surface area contributed by atoms with Gasteiger partial charge in [-0.15, -0.1) is 5.10 Å². The van der Waals surface area contributed by atoms with E-state index in [1.54, 1.807) is 0 Å². The minimum atomic E-state index is -4.13. The van der Waals surface area contributed by atoms with Gasteiger partial charge in [0.25, 0.3) is 0 Å². The average molecular weight is 345 g/mol. The second-order valence-corrected chi connectivity index (χ2v) is 6.51. The lowest BCUT2D eigenvalue weighted by atomic mass is 10.1. The van der Waals surface area contributed by atoms with Crippen molar-refractivity contribution in [2.75, 3.05) is 12.3 Å². The van der Waals surface area contributed by atoms with Crippen molar-refractivity contribution in [3.63, 3.8) is 0 Å². The number of fused-ring (bicyclic) bond motifs is 1. The Kier molecular flexibility index (Phi) is 3.89. The van der Waals surface area contributed by atoms with Crippen LogP contribution in [0.4, 0.5) is 5.82 Å². The zero-order valence-electron chi connectivity index (χ0n) is 11.7. The molecule has 1 saturated carbocycles. The molecule has 0 aliphatic heterocycles. The third-order valence-electron chi connectivity index (χ3n) is 3.82. The molecule has 2 aromatic heterocycles. The number of hydrogen-bond donors (Lipinski definition) is 4. The van der Waals surface area contributed by atoms with Crippen LogP contribution in [0.3, 0.4) is 0 Å². The van der Waals surface area contributed by atoms with Crippen LogP contribution in [0, 0.1) is 5.92 Å². The van der Waals surface area contributed by atoms with Gasteiger partial charge in [0.15, 0.2) is 17.0 Å². The van der Waals surface area contributed by atoms with Crippen LogP contribution in [0.25, 0.3) is 11.2 Å². The summed E-state index contributed by atoms with van der Waals surface area (Å²) >= 11 is 0. The van der Waals surface area contributed by atoms with E-state index in [0.29, 0.717) is 5.65 Å². The lowest BCUT2D eigenvalue weighted by Crippen LogP contribution is -2.32. The molecule has 0 saturated heterocycles. The summed E-state index contributed by atoms with van der Waals surface area (Å²) < 4.78 is 27.5. The predicted octanol–water partition coefficient (Wildman–Crippen LogP) is -2.69. The molecular weight excluding hydrogens is 330 g/mol. The van der Waals surface area contributed by atoms with Gasteiger partial charge >= 0.3 is 10.3 Å². The number of aliphatic hydroxyl groups is 2. The molecule has 126 valence electrons. The second kappa shape index (κ2) is 5.61. The molecule has 0 radical (unpaired) electrons. The smallest absolute Gasteiger partial charge is 0.333 e. The van der Waals surface area contributed by atoms with Crippen molar-refractivity contribution in [3.05, 3.63) is 6.33 Å². The SMILES string of the molecule is Nc1ncnc2c1nnn2[C@H]1C[C@@H](COS(N)(=O)=O)[C@H](O)[C@@H]1O. The van der Waals surface area contributed by atoms with Crippen LogP contribution >= 0.6 is 0 Å². The Morgan fingerprint density at radius 1 is 1.35 bits per heavy atom. The Balaban J connectivity index is 1.86. The molecule has 2 aromatic rings. The predicted molar refractivity (Wildman–Crippen MR) is 75.7 cm³/mol. The first-order valence-electron chi connectivity index (χ1n) is 6.62. The molecule has 1 aliphatic rings. The first kappa shape index (κ1) is 15.9. The molecule has 13 heteroatoms. The third-order valence-corrected chi connectivity index (χ3v) is 4.29. The number of anilines is 1. The van der Waals surface area contributed by atoms with Crippen LogP contribution in [0.15, 0.2) is 6.33 Å². The van der Waals surface area contributed by atoms with Crippen LogP contribution in [-0.4, -0.2) is 62.4 Å². The number of rotatable bonds is 4. The van der Waals surface area contributed by atoms with Crippen molar-refractivity contribution in [2.45, 2.75) is 24.7 Å². The largest absolute Gasteiger partial charge is 0.390 e. The maximum Gasteiger partial charge on any atom is 0.333 e. The Morgan fingerprint density at radius 3 is 2.78 bits per heavy atom. The molecule has 6 N–H and O–H groups in total. The van der Waals surface area contributed by atoms with Crippen molar-refractivity contribution in [1.29, 1.82) is 0 Å². The maximum atomic E-state index is 10.9. The lowest BCUT2D eigenvalue weighted by molar-refractivity contribution is -0.00251. The molecule has 4 atom stereocenters. The van der Waals surface area contributed by atoms with E-state index in [1.165, 1.54) is 11.0 Å². The number of aliphatic hydroxyl groups excluding tert-OH is 2. The van der Waals surface area contributed by atoms with Crippen LogP contribution < -0.4 is 10.9 Å². The Hall–Kier alpha value is -1.93.